The van der Waals surface area contributed by atoms with Crippen molar-refractivity contribution in [1.82, 2.24) is 9.88 Å². The van der Waals surface area contributed by atoms with E-state index in [4.69, 9.17) is 0 Å². The number of aromatic carboxylic acids is 1. The number of rotatable bonds is 7. The molecule has 0 radical (unpaired) electrons. The largest absolute Gasteiger partial charge is 0.478 e. The smallest absolute Gasteiger partial charge is 0.338 e. The third kappa shape index (κ3) is 3.95. The standard InChI is InChI=1S/C16H20N2O2S/c1-3-18(4-2)9-10-21-15-13(16(19)20)11-12-7-5-6-8-14(12)17-15/h5-8,11H,3-4,9-10H2,1-2H3,(H,19,20). The van der Waals surface area contributed by atoms with Gasteiger partial charge in [-0.1, -0.05) is 32.0 Å². The van der Waals surface area contributed by atoms with Crippen molar-refractivity contribution in [2.45, 2.75) is 18.9 Å². The molecule has 2 aromatic rings. The summed E-state index contributed by atoms with van der Waals surface area (Å²) < 4.78 is 0. The van der Waals surface area contributed by atoms with Gasteiger partial charge in [-0.2, -0.15) is 0 Å². The van der Waals surface area contributed by atoms with Crippen molar-refractivity contribution < 1.29 is 9.90 Å². The second kappa shape index (κ2) is 7.43. The molecule has 5 heteroatoms. The van der Waals surface area contributed by atoms with E-state index < -0.39 is 5.97 Å². The first-order valence-electron chi connectivity index (χ1n) is 7.14. The molecule has 0 atom stereocenters. The van der Waals surface area contributed by atoms with Crippen LogP contribution in [0.1, 0.15) is 24.2 Å². The van der Waals surface area contributed by atoms with Gasteiger partial charge in [0.25, 0.3) is 0 Å². The monoisotopic (exact) mass is 304 g/mol. The zero-order chi connectivity index (χ0) is 15.2. The molecule has 0 spiro atoms. The summed E-state index contributed by atoms with van der Waals surface area (Å²) in [6.45, 7) is 7.21. The van der Waals surface area contributed by atoms with Crippen molar-refractivity contribution in [3.8, 4) is 0 Å². The van der Waals surface area contributed by atoms with Crippen LogP contribution in [0.2, 0.25) is 0 Å². The third-order valence-electron chi connectivity index (χ3n) is 3.46. The van der Waals surface area contributed by atoms with Crippen LogP contribution in [-0.4, -0.2) is 46.3 Å². The molecule has 0 aliphatic carbocycles. The molecule has 0 aliphatic heterocycles. The third-order valence-corrected chi connectivity index (χ3v) is 4.43. The van der Waals surface area contributed by atoms with E-state index in [-0.39, 0.29) is 0 Å². The Labute approximate surface area is 129 Å². The van der Waals surface area contributed by atoms with Crippen LogP contribution in [-0.2, 0) is 0 Å². The number of aromatic nitrogens is 1. The van der Waals surface area contributed by atoms with Gasteiger partial charge in [0.15, 0.2) is 0 Å². The minimum Gasteiger partial charge on any atom is -0.478 e. The lowest BCUT2D eigenvalue weighted by Gasteiger charge is -2.17. The van der Waals surface area contributed by atoms with Crippen LogP contribution in [0.3, 0.4) is 0 Å². The van der Waals surface area contributed by atoms with Crippen molar-refractivity contribution >= 4 is 28.6 Å². The van der Waals surface area contributed by atoms with Crippen LogP contribution in [0.4, 0.5) is 0 Å². The maximum Gasteiger partial charge on any atom is 0.338 e. The van der Waals surface area contributed by atoms with Crippen LogP contribution in [0, 0.1) is 0 Å². The van der Waals surface area contributed by atoms with Gasteiger partial charge in [0.05, 0.1) is 11.1 Å². The Balaban J connectivity index is 2.20. The van der Waals surface area contributed by atoms with Gasteiger partial charge in [0, 0.05) is 17.7 Å². The number of fused-ring (bicyclic) bond motifs is 1. The molecule has 0 bridgehead atoms. The SMILES string of the molecule is CCN(CC)CCSc1nc2ccccc2cc1C(=O)O. The number of para-hydroxylation sites is 1. The van der Waals surface area contributed by atoms with Gasteiger partial charge in [-0.3, -0.25) is 0 Å². The van der Waals surface area contributed by atoms with Crippen LogP contribution >= 0.6 is 11.8 Å². The second-order valence-electron chi connectivity index (χ2n) is 4.71. The molecular weight excluding hydrogens is 284 g/mol. The fraction of sp³-hybridized carbons (Fsp3) is 0.375. The van der Waals surface area contributed by atoms with Crippen molar-refractivity contribution in [3.05, 3.63) is 35.9 Å². The van der Waals surface area contributed by atoms with E-state index in [1.54, 1.807) is 6.07 Å². The Morgan fingerprint density at radius 1 is 1.29 bits per heavy atom. The molecule has 1 heterocycles. The summed E-state index contributed by atoms with van der Waals surface area (Å²) in [5.41, 5.74) is 1.13. The molecule has 4 nitrogen and oxygen atoms in total. The van der Waals surface area contributed by atoms with Crippen molar-refractivity contribution in [3.63, 3.8) is 0 Å². The molecule has 1 aromatic carbocycles. The molecule has 0 aliphatic rings. The Morgan fingerprint density at radius 2 is 2.00 bits per heavy atom. The van der Waals surface area contributed by atoms with Crippen molar-refractivity contribution in [1.29, 1.82) is 0 Å². The number of nitrogens with zero attached hydrogens (tertiary/aromatic N) is 2. The molecule has 0 amide bonds. The molecule has 0 saturated carbocycles. The molecular formula is C16H20N2O2S. The predicted molar refractivity (Wildman–Crippen MR) is 87.2 cm³/mol. The number of benzene rings is 1. The van der Waals surface area contributed by atoms with Crippen LogP contribution in [0.25, 0.3) is 10.9 Å². The Kier molecular flexibility index (Phi) is 5.59. The first-order valence-corrected chi connectivity index (χ1v) is 8.12. The Morgan fingerprint density at radius 3 is 2.67 bits per heavy atom. The molecule has 2 rings (SSSR count). The van der Waals surface area contributed by atoms with Gasteiger partial charge < -0.3 is 10.0 Å². The second-order valence-corrected chi connectivity index (χ2v) is 5.80. The van der Waals surface area contributed by atoms with E-state index in [0.29, 0.717) is 10.6 Å². The minimum atomic E-state index is -0.918. The van der Waals surface area contributed by atoms with E-state index in [9.17, 15) is 9.90 Å². The molecule has 1 aromatic heterocycles. The van der Waals surface area contributed by atoms with E-state index in [2.05, 4.69) is 23.7 Å². The Bertz CT molecular complexity index is 627. The summed E-state index contributed by atoms with van der Waals surface area (Å²) in [5, 5.41) is 10.8. The average molecular weight is 304 g/mol. The number of hydrogen-bond acceptors (Lipinski definition) is 4. The number of carboxylic acid groups (broad SMARTS) is 1. The number of pyridine rings is 1. The average Bonchev–Trinajstić information content (AvgIpc) is 2.50. The zero-order valence-corrected chi connectivity index (χ0v) is 13.2. The number of carboxylic acids is 1. The molecule has 21 heavy (non-hydrogen) atoms. The highest BCUT2D eigenvalue weighted by Crippen LogP contribution is 2.25. The van der Waals surface area contributed by atoms with E-state index in [0.717, 1.165) is 36.3 Å². The van der Waals surface area contributed by atoms with Gasteiger partial charge in [-0.15, -0.1) is 11.8 Å². The molecule has 112 valence electrons. The maximum absolute atomic E-state index is 11.4. The summed E-state index contributed by atoms with van der Waals surface area (Å²) >= 11 is 1.52. The van der Waals surface area contributed by atoms with Crippen LogP contribution in [0.15, 0.2) is 35.4 Å². The van der Waals surface area contributed by atoms with Gasteiger partial charge in [-0.25, -0.2) is 9.78 Å². The number of thioether (sulfide) groups is 1. The maximum atomic E-state index is 11.4. The lowest BCUT2D eigenvalue weighted by molar-refractivity contribution is 0.0692. The lowest BCUT2D eigenvalue weighted by Crippen LogP contribution is -2.25. The fourth-order valence-corrected chi connectivity index (χ4v) is 3.18. The molecule has 0 fully saturated rings. The van der Waals surface area contributed by atoms with Crippen LogP contribution in [0.5, 0.6) is 0 Å². The predicted octanol–water partition coefficient (Wildman–Crippen LogP) is 3.37. The lowest BCUT2D eigenvalue weighted by atomic mass is 10.1. The van der Waals surface area contributed by atoms with Gasteiger partial charge in [0.2, 0.25) is 0 Å². The van der Waals surface area contributed by atoms with Crippen molar-refractivity contribution in [2.75, 3.05) is 25.4 Å². The topological polar surface area (TPSA) is 53.4 Å². The Hall–Kier alpha value is -1.59. The van der Waals surface area contributed by atoms with Gasteiger partial charge in [0.1, 0.15) is 5.03 Å². The molecule has 0 saturated heterocycles. The normalized spacial score (nSPS) is 11.2. The fourth-order valence-electron chi connectivity index (χ4n) is 2.17. The van der Waals surface area contributed by atoms with Crippen molar-refractivity contribution in [2.24, 2.45) is 0 Å². The van der Waals surface area contributed by atoms with Gasteiger partial charge in [-0.05, 0) is 25.2 Å². The van der Waals surface area contributed by atoms with E-state index in [1.807, 2.05) is 24.3 Å². The summed E-state index contributed by atoms with van der Waals surface area (Å²) in [4.78, 5) is 18.2. The van der Waals surface area contributed by atoms with Gasteiger partial charge >= 0.3 is 5.97 Å². The van der Waals surface area contributed by atoms with Crippen LogP contribution < -0.4 is 0 Å². The zero-order valence-electron chi connectivity index (χ0n) is 12.4. The van der Waals surface area contributed by atoms with E-state index >= 15 is 0 Å². The first kappa shape index (κ1) is 15.8. The highest BCUT2D eigenvalue weighted by Gasteiger charge is 2.14. The number of hydrogen-bond donors (Lipinski definition) is 1. The first-order chi connectivity index (χ1) is 10.2. The van der Waals surface area contributed by atoms with E-state index in [1.165, 1.54) is 11.8 Å². The minimum absolute atomic E-state index is 0.290. The summed E-state index contributed by atoms with van der Waals surface area (Å²) in [6.07, 6.45) is 0. The molecule has 1 N–H and O–H groups in total. The highest BCUT2D eigenvalue weighted by molar-refractivity contribution is 7.99. The quantitative estimate of drug-likeness (QED) is 0.795. The molecule has 0 unspecified atom stereocenters. The summed E-state index contributed by atoms with van der Waals surface area (Å²) in [5.74, 6) is -0.0774. The summed E-state index contributed by atoms with van der Waals surface area (Å²) in [7, 11) is 0. The highest BCUT2D eigenvalue weighted by atomic mass is 32.2. The number of carbonyl (C=O) groups is 1. The summed E-state index contributed by atoms with van der Waals surface area (Å²) in [6, 6.07) is 9.32.